The molecule has 0 amide bonds. The molecule has 1 nitrogen and oxygen atoms in total. The van der Waals surface area contributed by atoms with E-state index in [1.54, 1.807) is 0 Å². The van der Waals surface area contributed by atoms with Crippen molar-refractivity contribution in [2.75, 3.05) is 5.73 Å². The third-order valence-corrected chi connectivity index (χ3v) is 1.85. The number of hydrogen-bond acceptors (Lipinski definition) is 1. The number of hydrogen-bond donors (Lipinski definition) is 1. The van der Waals surface area contributed by atoms with Crippen molar-refractivity contribution in [2.24, 2.45) is 0 Å². The van der Waals surface area contributed by atoms with Crippen LogP contribution in [0.2, 0.25) is 0 Å². The molecule has 0 spiro atoms. The quantitative estimate of drug-likeness (QED) is 0.534. The van der Waals surface area contributed by atoms with E-state index in [0.717, 1.165) is 12.1 Å². The highest BCUT2D eigenvalue weighted by Crippen LogP contribution is 2.11. The lowest BCUT2D eigenvalue weighted by atomic mass is 10.1. The fourth-order valence-corrected chi connectivity index (χ4v) is 1.16. The molecule has 1 heteroatoms. The lowest BCUT2D eigenvalue weighted by Crippen LogP contribution is -1.87. The normalized spacial score (nSPS) is 10.1. The second-order valence-electron chi connectivity index (χ2n) is 3.02. The summed E-state index contributed by atoms with van der Waals surface area (Å²) in [4.78, 5) is 0. The van der Waals surface area contributed by atoms with Gasteiger partial charge in [0.15, 0.2) is 0 Å². The number of unbranched alkanes of at least 4 members (excludes halogenated alkanes) is 2. The molecule has 0 aliphatic carbocycles. The van der Waals surface area contributed by atoms with Gasteiger partial charge in [-0.05, 0) is 30.5 Å². The van der Waals surface area contributed by atoms with E-state index in [0.29, 0.717) is 0 Å². The van der Waals surface area contributed by atoms with Crippen LogP contribution in [-0.4, -0.2) is 0 Å². The van der Waals surface area contributed by atoms with Gasteiger partial charge in [0.2, 0.25) is 0 Å². The van der Waals surface area contributed by atoms with Crippen LogP contribution < -0.4 is 5.73 Å². The highest BCUT2D eigenvalue weighted by molar-refractivity contribution is 5.42. The van der Waals surface area contributed by atoms with Gasteiger partial charge in [0.05, 0.1) is 0 Å². The fraction of sp³-hybridized carbons (Fsp3) is 0.364. The van der Waals surface area contributed by atoms with Gasteiger partial charge in [0.25, 0.3) is 0 Å². The second kappa shape index (κ2) is 4.81. The van der Waals surface area contributed by atoms with E-state index < -0.39 is 0 Å². The molecule has 0 aromatic heterocycles. The Kier molecular flexibility index (Phi) is 3.65. The van der Waals surface area contributed by atoms with E-state index in [1.807, 2.05) is 18.2 Å². The summed E-state index contributed by atoms with van der Waals surface area (Å²) in [7, 11) is 0. The van der Waals surface area contributed by atoms with Crippen molar-refractivity contribution in [1.29, 1.82) is 0 Å². The third kappa shape index (κ3) is 2.95. The first-order valence-corrected chi connectivity index (χ1v) is 4.51. The van der Waals surface area contributed by atoms with E-state index in [2.05, 4.69) is 19.4 Å². The Bertz CT molecular complexity index is 230. The maximum absolute atomic E-state index is 5.64. The fourth-order valence-electron chi connectivity index (χ4n) is 1.16. The highest BCUT2D eigenvalue weighted by atomic mass is 14.5. The molecule has 0 unspecified atom stereocenters. The number of nitrogens with two attached hydrogens (primary N) is 1. The summed E-state index contributed by atoms with van der Waals surface area (Å²) in [6.07, 6.45) is 5.90. The average molecular weight is 162 g/mol. The molecule has 2 N–H and O–H groups in total. The summed E-state index contributed by atoms with van der Waals surface area (Å²) in [6.45, 7) is 2.20. The zero-order chi connectivity index (χ0) is 8.81. The van der Waals surface area contributed by atoms with Crippen LogP contribution in [0.3, 0.4) is 0 Å². The Labute approximate surface area is 74.6 Å². The van der Waals surface area contributed by atoms with Crippen LogP contribution >= 0.6 is 0 Å². The lowest BCUT2D eigenvalue weighted by Gasteiger charge is -2.00. The molecular weight excluding hydrogens is 146 g/mol. The van der Waals surface area contributed by atoms with Gasteiger partial charge in [-0.15, -0.1) is 0 Å². The Hall–Kier alpha value is -0.980. The van der Waals surface area contributed by atoms with E-state index in [4.69, 9.17) is 5.73 Å². The van der Waals surface area contributed by atoms with Crippen LogP contribution in [0.5, 0.6) is 0 Å². The van der Waals surface area contributed by atoms with Crippen LogP contribution in [0.4, 0.5) is 5.69 Å². The smallest absolute Gasteiger partial charge is 0.0316 e. The van der Waals surface area contributed by atoms with Crippen molar-refractivity contribution >= 4 is 5.69 Å². The van der Waals surface area contributed by atoms with Crippen LogP contribution in [0.15, 0.2) is 24.3 Å². The van der Waals surface area contributed by atoms with Crippen molar-refractivity contribution in [3.8, 4) is 0 Å². The monoisotopic (exact) mass is 162 g/mol. The number of rotatable bonds is 4. The zero-order valence-electron chi connectivity index (χ0n) is 7.59. The minimum Gasteiger partial charge on any atom is -0.399 e. The van der Waals surface area contributed by atoms with Crippen LogP contribution in [-0.2, 0) is 0 Å². The summed E-state index contributed by atoms with van der Waals surface area (Å²) >= 11 is 0. The van der Waals surface area contributed by atoms with Crippen LogP contribution in [0.1, 0.15) is 31.7 Å². The zero-order valence-corrected chi connectivity index (χ0v) is 7.59. The number of nitrogen functional groups attached to an aromatic ring is 1. The molecule has 0 atom stereocenters. The van der Waals surface area contributed by atoms with Gasteiger partial charge >= 0.3 is 0 Å². The lowest BCUT2D eigenvalue weighted by molar-refractivity contribution is 0.791. The van der Waals surface area contributed by atoms with Gasteiger partial charge in [-0.2, -0.15) is 0 Å². The van der Waals surface area contributed by atoms with Crippen LogP contribution in [0.25, 0.3) is 0 Å². The number of anilines is 1. The number of benzene rings is 1. The summed E-state index contributed by atoms with van der Waals surface area (Å²) in [5.41, 5.74) is 7.73. The molecule has 0 aliphatic heterocycles. The summed E-state index contributed by atoms with van der Waals surface area (Å²) in [5.74, 6) is 0. The molecule has 1 radical (unpaired) electrons. The molecule has 0 bridgehead atoms. The van der Waals surface area contributed by atoms with E-state index >= 15 is 0 Å². The molecular formula is C11H16N. The maximum atomic E-state index is 5.64. The molecule has 0 aliphatic rings. The molecule has 0 saturated heterocycles. The van der Waals surface area contributed by atoms with Gasteiger partial charge in [-0.25, -0.2) is 0 Å². The van der Waals surface area contributed by atoms with Crippen molar-refractivity contribution in [3.05, 3.63) is 36.2 Å². The minimum atomic E-state index is 0.847. The summed E-state index contributed by atoms with van der Waals surface area (Å²) < 4.78 is 0. The Morgan fingerprint density at radius 2 is 2.25 bits per heavy atom. The molecule has 0 heterocycles. The molecule has 12 heavy (non-hydrogen) atoms. The molecule has 65 valence electrons. The van der Waals surface area contributed by atoms with Crippen LogP contribution in [0, 0.1) is 6.42 Å². The molecule has 0 saturated carbocycles. The van der Waals surface area contributed by atoms with Gasteiger partial charge < -0.3 is 5.73 Å². The first-order chi connectivity index (χ1) is 5.83. The second-order valence-corrected chi connectivity index (χ2v) is 3.02. The topological polar surface area (TPSA) is 26.0 Å². The van der Waals surface area contributed by atoms with Crippen molar-refractivity contribution in [2.45, 2.75) is 26.2 Å². The first-order valence-electron chi connectivity index (χ1n) is 4.51. The predicted octanol–water partition coefficient (Wildman–Crippen LogP) is 3.01. The van der Waals surface area contributed by atoms with E-state index in [9.17, 15) is 0 Å². The minimum absolute atomic E-state index is 0.847. The van der Waals surface area contributed by atoms with Gasteiger partial charge in [-0.3, -0.25) is 0 Å². The Balaban J connectivity index is 2.41. The standard InChI is InChI=1S/C11H16N/c1-2-3-4-6-10-7-5-8-11(12)9-10/h5-9H,2-4,12H2,1H3. The average Bonchev–Trinajstić information content (AvgIpc) is 2.05. The molecule has 1 aromatic rings. The van der Waals surface area contributed by atoms with Gasteiger partial charge in [0.1, 0.15) is 0 Å². The molecule has 0 fully saturated rings. The van der Waals surface area contributed by atoms with Gasteiger partial charge in [-0.1, -0.05) is 31.9 Å². The highest BCUT2D eigenvalue weighted by Gasteiger charge is 1.92. The summed E-state index contributed by atoms with van der Waals surface area (Å²) in [6, 6.07) is 8.01. The van der Waals surface area contributed by atoms with Gasteiger partial charge in [0, 0.05) is 5.69 Å². The Morgan fingerprint density at radius 3 is 2.92 bits per heavy atom. The van der Waals surface area contributed by atoms with E-state index in [1.165, 1.54) is 18.4 Å². The molecule has 1 aromatic carbocycles. The van der Waals surface area contributed by atoms with Crippen molar-refractivity contribution in [1.82, 2.24) is 0 Å². The largest absolute Gasteiger partial charge is 0.399 e. The summed E-state index contributed by atoms with van der Waals surface area (Å²) in [5, 5.41) is 0. The Morgan fingerprint density at radius 1 is 1.42 bits per heavy atom. The van der Waals surface area contributed by atoms with Crippen molar-refractivity contribution < 1.29 is 0 Å². The van der Waals surface area contributed by atoms with E-state index in [-0.39, 0.29) is 0 Å². The van der Waals surface area contributed by atoms with Crippen molar-refractivity contribution in [3.63, 3.8) is 0 Å². The SMILES string of the molecule is CCCC[CH]c1cccc(N)c1. The third-order valence-electron chi connectivity index (χ3n) is 1.85. The first kappa shape index (κ1) is 9.11. The maximum Gasteiger partial charge on any atom is 0.0316 e. The molecule has 1 rings (SSSR count). The predicted molar refractivity (Wildman–Crippen MR) is 53.8 cm³/mol.